The van der Waals surface area contributed by atoms with E-state index in [1.54, 1.807) is 19.1 Å². The van der Waals surface area contributed by atoms with Gasteiger partial charge in [0.1, 0.15) is 5.75 Å². The van der Waals surface area contributed by atoms with Crippen LogP contribution >= 0.6 is 0 Å². The number of carbonyl (C=O) groups is 1. The molecule has 142 valence electrons. The Hall–Kier alpha value is -2.56. The Labute approximate surface area is 156 Å². The summed E-state index contributed by atoms with van der Waals surface area (Å²) in [7, 11) is -5.15. The van der Waals surface area contributed by atoms with E-state index in [1.165, 1.54) is 24.3 Å². The van der Waals surface area contributed by atoms with Crippen LogP contribution in [0.2, 0.25) is 0 Å². The van der Waals surface area contributed by atoms with Gasteiger partial charge in [0.2, 0.25) is 0 Å². The fourth-order valence-electron chi connectivity index (χ4n) is 2.82. The van der Waals surface area contributed by atoms with E-state index in [-0.39, 0.29) is 41.5 Å². The molecule has 1 aliphatic heterocycles. The number of benzene rings is 2. The van der Waals surface area contributed by atoms with E-state index in [0.717, 1.165) is 5.56 Å². The largest absolute Gasteiger partial charge is 0.508 e. The number of aromatic hydroxyl groups is 1. The number of nitrogens with one attached hydrogen (secondary N) is 1. The summed E-state index contributed by atoms with van der Waals surface area (Å²) in [5, 5.41) is 19.4. The average molecular weight is 391 g/mol. The van der Waals surface area contributed by atoms with Gasteiger partial charge in [-0.25, -0.2) is 8.42 Å². The summed E-state index contributed by atoms with van der Waals surface area (Å²) in [6.07, 6.45) is -0.296. The second-order valence-corrected chi connectivity index (χ2v) is 7.61. The quantitative estimate of drug-likeness (QED) is 0.485. The minimum absolute atomic E-state index is 0.116. The van der Waals surface area contributed by atoms with Crippen LogP contribution in [0, 0.1) is 0 Å². The van der Waals surface area contributed by atoms with Crippen LogP contribution in [-0.4, -0.2) is 38.2 Å². The maximum atomic E-state index is 12.8. The van der Waals surface area contributed by atoms with Crippen molar-refractivity contribution in [3.63, 3.8) is 0 Å². The molecule has 0 spiro atoms. The van der Waals surface area contributed by atoms with Gasteiger partial charge in [-0.2, -0.15) is 0 Å². The van der Waals surface area contributed by atoms with Crippen LogP contribution in [0.3, 0.4) is 0 Å². The molecule has 0 aliphatic carbocycles. The monoisotopic (exact) mass is 391 g/mol. The second-order valence-electron chi connectivity index (χ2n) is 5.96. The van der Waals surface area contributed by atoms with Crippen molar-refractivity contribution in [2.45, 2.75) is 24.8 Å². The first kappa shape index (κ1) is 19.2. The van der Waals surface area contributed by atoms with E-state index < -0.39 is 23.1 Å². The Morgan fingerprint density at radius 1 is 1.30 bits per heavy atom. The van der Waals surface area contributed by atoms with Gasteiger partial charge in [-0.1, -0.05) is 6.07 Å². The van der Waals surface area contributed by atoms with Gasteiger partial charge in [0.15, 0.2) is 0 Å². The molecule has 0 radical (unpaired) electrons. The number of sulfonamides is 1. The van der Waals surface area contributed by atoms with Gasteiger partial charge in [0.05, 0.1) is 24.5 Å². The lowest BCUT2D eigenvalue weighted by molar-refractivity contribution is -0.142. The zero-order chi connectivity index (χ0) is 19.6. The molecule has 0 atom stereocenters. The lowest BCUT2D eigenvalue weighted by Crippen LogP contribution is -2.28. The van der Waals surface area contributed by atoms with Crippen molar-refractivity contribution in [3.8, 4) is 5.75 Å². The van der Waals surface area contributed by atoms with Crippen LogP contribution in [0.1, 0.15) is 18.1 Å². The lowest BCUT2D eigenvalue weighted by Gasteiger charge is -2.13. The van der Waals surface area contributed by atoms with E-state index in [1.807, 2.05) is 0 Å². The molecule has 0 aromatic heterocycles. The topological polar surface area (TPSA) is 122 Å². The minimum atomic E-state index is -4.05. The molecule has 27 heavy (non-hydrogen) atoms. The van der Waals surface area contributed by atoms with E-state index >= 15 is 0 Å². The summed E-state index contributed by atoms with van der Waals surface area (Å²) in [5.74, 6) is -0.761. The van der Waals surface area contributed by atoms with Gasteiger partial charge < -0.3 is 19.5 Å². The number of carbonyl (C=O) groups excluding carboxylic acids is 1. The van der Waals surface area contributed by atoms with Crippen molar-refractivity contribution in [1.29, 1.82) is 0 Å². The van der Waals surface area contributed by atoms with Gasteiger partial charge in [0, 0.05) is 5.69 Å². The summed E-state index contributed by atoms with van der Waals surface area (Å²) >= 11 is 0. The number of phenolic OH excluding ortho intramolecular Hbond substituents is 1. The van der Waals surface area contributed by atoms with E-state index in [2.05, 4.69) is 4.72 Å². The smallest absolute Gasteiger partial charge is 0.491 e. The first-order valence-electron chi connectivity index (χ1n) is 8.23. The summed E-state index contributed by atoms with van der Waals surface area (Å²) in [6, 6.07) is 8.38. The summed E-state index contributed by atoms with van der Waals surface area (Å²) < 4.78 is 38.0. The van der Waals surface area contributed by atoms with Crippen molar-refractivity contribution in [3.05, 3.63) is 47.5 Å². The SMILES string of the molecule is CCOC(=O)Cc1cc(O)ccc1S(=O)(=O)Nc1ccc2c(c1)B(O)OC2. The molecular formula is C17H18BNO7S. The second kappa shape index (κ2) is 7.59. The number of rotatable bonds is 6. The van der Waals surface area contributed by atoms with Crippen molar-refractivity contribution in [2.75, 3.05) is 11.3 Å². The molecule has 0 unspecified atom stereocenters. The molecule has 1 heterocycles. The van der Waals surface area contributed by atoms with Gasteiger partial charge >= 0.3 is 13.1 Å². The number of hydrogen-bond acceptors (Lipinski definition) is 7. The maximum absolute atomic E-state index is 12.8. The van der Waals surface area contributed by atoms with Crippen molar-refractivity contribution in [1.82, 2.24) is 0 Å². The van der Waals surface area contributed by atoms with Crippen molar-refractivity contribution in [2.24, 2.45) is 0 Å². The molecule has 2 aromatic carbocycles. The van der Waals surface area contributed by atoms with E-state index in [9.17, 15) is 23.3 Å². The predicted molar refractivity (Wildman–Crippen MR) is 98.1 cm³/mol. The van der Waals surface area contributed by atoms with Crippen LogP contribution in [0.5, 0.6) is 5.75 Å². The van der Waals surface area contributed by atoms with Gasteiger partial charge in [-0.05, 0) is 53.8 Å². The predicted octanol–water partition coefficient (Wildman–Crippen LogP) is 0.516. The molecule has 0 amide bonds. The number of anilines is 1. The molecule has 0 saturated carbocycles. The zero-order valence-electron chi connectivity index (χ0n) is 14.5. The first-order chi connectivity index (χ1) is 12.8. The van der Waals surface area contributed by atoms with E-state index in [4.69, 9.17) is 9.39 Å². The molecule has 0 saturated heterocycles. The molecule has 3 N–H and O–H groups in total. The Balaban J connectivity index is 1.91. The number of esters is 1. The maximum Gasteiger partial charge on any atom is 0.491 e. The summed E-state index contributed by atoms with van der Waals surface area (Å²) in [4.78, 5) is 11.6. The number of phenols is 1. The zero-order valence-corrected chi connectivity index (χ0v) is 15.3. The molecule has 8 nitrogen and oxygen atoms in total. The van der Waals surface area contributed by atoms with Crippen molar-refractivity contribution >= 4 is 34.3 Å². The Morgan fingerprint density at radius 3 is 2.81 bits per heavy atom. The number of ether oxygens (including phenoxy) is 1. The third kappa shape index (κ3) is 4.24. The molecular weight excluding hydrogens is 373 g/mol. The molecule has 10 heteroatoms. The van der Waals surface area contributed by atoms with Crippen LogP contribution in [0.4, 0.5) is 5.69 Å². The van der Waals surface area contributed by atoms with Crippen LogP contribution < -0.4 is 10.2 Å². The Morgan fingerprint density at radius 2 is 2.07 bits per heavy atom. The highest BCUT2D eigenvalue weighted by atomic mass is 32.2. The Kier molecular flexibility index (Phi) is 5.40. The van der Waals surface area contributed by atoms with Crippen LogP contribution in [-0.2, 0) is 37.2 Å². The summed E-state index contributed by atoms with van der Waals surface area (Å²) in [5.41, 5.74) is 1.63. The van der Waals surface area contributed by atoms with E-state index in [0.29, 0.717) is 5.46 Å². The van der Waals surface area contributed by atoms with Gasteiger partial charge in [-0.15, -0.1) is 0 Å². The van der Waals surface area contributed by atoms with Crippen LogP contribution in [0.25, 0.3) is 0 Å². The Bertz CT molecular complexity index is 977. The number of hydrogen-bond donors (Lipinski definition) is 3. The first-order valence-corrected chi connectivity index (χ1v) is 9.71. The molecule has 2 aromatic rings. The third-order valence-electron chi connectivity index (χ3n) is 4.03. The normalized spacial score (nSPS) is 13.3. The summed E-state index contributed by atoms with van der Waals surface area (Å²) in [6.45, 7) is 2.06. The standard InChI is InChI=1S/C17H18BNO7S/c1-2-25-17(21)8-12-7-14(20)5-6-16(12)27(23,24)19-13-4-3-11-10-26-18(22)15(11)9-13/h3-7,9,19-20,22H,2,8,10H2,1H3. The van der Waals surface area contributed by atoms with Crippen LogP contribution in [0.15, 0.2) is 41.3 Å². The molecule has 0 fully saturated rings. The highest BCUT2D eigenvalue weighted by Gasteiger charge is 2.28. The average Bonchev–Trinajstić information content (AvgIpc) is 2.95. The van der Waals surface area contributed by atoms with Gasteiger partial charge in [-0.3, -0.25) is 9.52 Å². The fourth-order valence-corrected chi connectivity index (χ4v) is 4.09. The lowest BCUT2D eigenvalue weighted by atomic mass is 9.79. The highest BCUT2D eigenvalue weighted by Crippen LogP contribution is 2.25. The van der Waals surface area contributed by atoms with Crippen molar-refractivity contribution < 1.29 is 32.7 Å². The third-order valence-corrected chi connectivity index (χ3v) is 5.52. The number of fused-ring (bicyclic) bond motifs is 1. The molecule has 1 aliphatic rings. The fraction of sp³-hybridized carbons (Fsp3) is 0.235. The van der Waals surface area contributed by atoms with Gasteiger partial charge in [0.25, 0.3) is 10.0 Å². The molecule has 0 bridgehead atoms. The molecule has 3 rings (SSSR count). The minimum Gasteiger partial charge on any atom is -0.508 e. The highest BCUT2D eigenvalue weighted by molar-refractivity contribution is 7.92.